The fourth-order valence-electron chi connectivity index (χ4n) is 3.24. The Balaban J connectivity index is 1.51. The van der Waals surface area contributed by atoms with Gasteiger partial charge in [0.2, 0.25) is 10.0 Å². The number of ether oxygens (including phenoxy) is 3. The molecule has 3 rings (SSSR count). The Morgan fingerprint density at radius 1 is 0.921 bits per heavy atom. The smallest absolute Gasteiger partial charge is 0.262 e. The van der Waals surface area contributed by atoms with E-state index in [9.17, 15) is 18.0 Å². The molecule has 0 saturated heterocycles. The molecule has 0 bridgehead atoms. The predicted molar refractivity (Wildman–Crippen MR) is 144 cm³/mol. The summed E-state index contributed by atoms with van der Waals surface area (Å²) in [7, 11) is -0.756. The predicted octanol–water partition coefficient (Wildman–Crippen LogP) is 2.64. The lowest BCUT2D eigenvalue weighted by Crippen LogP contribution is -2.39. The summed E-state index contributed by atoms with van der Waals surface area (Å²) in [5, 5.41) is 6.61. The van der Waals surface area contributed by atoms with Gasteiger partial charge in [0.05, 0.1) is 38.1 Å². The number of methoxy groups -OCH3 is 2. The average molecular weight is 541 g/mol. The maximum atomic E-state index is 12.4. The number of hydrazone groups is 1. The van der Waals surface area contributed by atoms with Gasteiger partial charge in [-0.1, -0.05) is 18.2 Å². The van der Waals surface area contributed by atoms with Crippen molar-refractivity contribution in [3.05, 3.63) is 78.4 Å². The summed E-state index contributed by atoms with van der Waals surface area (Å²) in [5.41, 5.74) is 3.79. The Morgan fingerprint density at radius 3 is 2.34 bits per heavy atom. The van der Waals surface area contributed by atoms with Crippen LogP contribution in [0.5, 0.6) is 17.2 Å². The first kappa shape index (κ1) is 28.0. The minimum absolute atomic E-state index is 0.203. The van der Waals surface area contributed by atoms with Crippen LogP contribution in [0.25, 0.3) is 0 Å². The van der Waals surface area contributed by atoms with Crippen molar-refractivity contribution in [3.8, 4) is 17.2 Å². The first-order valence-corrected chi connectivity index (χ1v) is 13.1. The molecule has 3 aromatic carbocycles. The molecule has 200 valence electrons. The number of para-hydroxylation sites is 2. The van der Waals surface area contributed by atoms with Gasteiger partial charge in [-0.25, -0.2) is 13.8 Å². The molecule has 0 heterocycles. The van der Waals surface area contributed by atoms with Crippen LogP contribution in [0, 0.1) is 0 Å². The monoisotopic (exact) mass is 540 g/mol. The third-order valence-electron chi connectivity index (χ3n) is 5.06. The first-order valence-electron chi connectivity index (χ1n) is 11.3. The second-order valence-corrected chi connectivity index (χ2v) is 9.78. The molecule has 2 N–H and O–H groups in total. The number of benzene rings is 3. The number of sulfonamides is 1. The second-order valence-electron chi connectivity index (χ2n) is 7.87. The van der Waals surface area contributed by atoms with E-state index in [-0.39, 0.29) is 18.2 Å². The Hall–Kier alpha value is -4.58. The number of hydrogen-bond acceptors (Lipinski definition) is 8. The molecule has 11 nitrogen and oxygen atoms in total. The minimum Gasteiger partial charge on any atom is -0.497 e. The molecule has 0 aliphatic carbocycles. The molecular formula is C26H28N4O7S. The van der Waals surface area contributed by atoms with Gasteiger partial charge < -0.3 is 19.5 Å². The molecule has 0 atom stereocenters. The highest BCUT2D eigenvalue weighted by atomic mass is 32.2. The van der Waals surface area contributed by atoms with Crippen LogP contribution in [0.2, 0.25) is 0 Å². The van der Waals surface area contributed by atoms with Gasteiger partial charge in [0.15, 0.2) is 6.61 Å². The molecule has 0 aromatic heterocycles. The van der Waals surface area contributed by atoms with E-state index in [4.69, 9.17) is 14.2 Å². The van der Waals surface area contributed by atoms with Gasteiger partial charge >= 0.3 is 0 Å². The molecule has 38 heavy (non-hydrogen) atoms. The Bertz CT molecular complexity index is 1390. The molecule has 0 unspecified atom stereocenters. The van der Waals surface area contributed by atoms with E-state index in [0.29, 0.717) is 28.5 Å². The van der Waals surface area contributed by atoms with Crippen LogP contribution < -0.4 is 29.3 Å². The van der Waals surface area contributed by atoms with E-state index < -0.39 is 22.5 Å². The number of carbonyl (C=O) groups excluding carboxylic acids is 2. The van der Waals surface area contributed by atoms with Crippen LogP contribution in [-0.4, -0.2) is 60.1 Å². The molecule has 0 saturated carbocycles. The number of amides is 2. The van der Waals surface area contributed by atoms with Crippen molar-refractivity contribution in [1.29, 1.82) is 0 Å². The maximum Gasteiger partial charge on any atom is 0.262 e. The molecule has 12 heteroatoms. The van der Waals surface area contributed by atoms with Gasteiger partial charge in [-0.15, -0.1) is 0 Å². The number of anilines is 2. The van der Waals surface area contributed by atoms with Gasteiger partial charge in [0.25, 0.3) is 11.8 Å². The van der Waals surface area contributed by atoms with E-state index >= 15 is 0 Å². The fraction of sp³-hybridized carbons (Fsp3) is 0.192. The topological polar surface area (TPSA) is 136 Å². The highest BCUT2D eigenvalue weighted by molar-refractivity contribution is 7.92. The normalized spacial score (nSPS) is 11.0. The van der Waals surface area contributed by atoms with Crippen molar-refractivity contribution >= 4 is 39.4 Å². The van der Waals surface area contributed by atoms with Crippen LogP contribution in [0.15, 0.2) is 77.9 Å². The van der Waals surface area contributed by atoms with E-state index in [1.807, 2.05) is 0 Å². The van der Waals surface area contributed by atoms with Crippen LogP contribution in [0.3, 0.4) is 0 Å². The Labute approximate surface area is 221 Å². The molecular weight excluding hydrogens is 512 g/mol. The summed E-state index contributed by atoms with van der Waals surface area (Å²) in [6, 6.07) is 20.1. The Kier molecular flexibility index (Phi) is 9.66. The standard InChI is InChI=1S/C26H28N4O7S/c1-35-22-8-6-7-20(15-22)30(38(3,33)34)17-25(31)29-27-16-19-11-13-21(14-12-19)37-18-26(32)28-23-9-4-5-10-24(23)36-2/h4-16H,17-18H2,1-3H3,(H,28,32)(H,29,31). The number of rotatable bonds is 12. The van der Waals surface area contributed by atoms with Gasteiger partial charge in [0.1, 0.15) is 23.8 Å². The minimum atomic E-state index is -3.74. The highest BCUT2D eigenvalue weighted by Gasteiger charge is 2.21. The summed E-state index contributed by atoms with van der Waals surface area (Å²) < 4.78 is 41.3. The summed E-state index contributed by atoms with van der Waals surface area (Å²) in [5.74, 6) is 0.485. The zero-order valence-corrected chi connectivity index (χ0v) is 21.9. The van der Waals surface area contributed by atoms with Crippen LogP contribution in [0.1, 0.15) is 5.56 Å². The summed E-state index contributed by atoms with van der Waals surface area (Å²) in [6.07, 6.45) is 2.40. The van der Waals surface area contributed by atoms with Crippen molar-refractivity contribution in [2.45, 2.75) is 0 Å². The largest absolute Gasteiger partial charge is 0.497 e. The number of carbonyl (C=O) groups is 2. The lowest BCUT2D eigenvalue weighted by atomic mass is 10.2. The SMILES string of the molecule is COc1cccc(N(CC(=O)NN=Cc2ccc(OCC(=O)Nc3ccccc3OC)cc2)S(C)(=O)=O)c1. The quantitative estimate of drug-likeness (QED) is 0.266. The van der Waals surface area contributed by atoms with Crippen LogP contribution in [-0.2, 0) is 19.6 Å². The molecule has 0 aliphatic heterocycles. The third-order valence-corrected chi connectivity index (χ3v) is 6.20. The van der Waals surface area contributed by atoms with Crippen molar-refractivity contribution in [3.63, 3.8) is 0 Å². The second kappa shape index (κ2) is 13.1. The van der Waals surface area contributed by atoms with Gasteiger partial charge in [0, 0.05) is 6.07 Å². The van der Waals surface area contributed by atoms with E-state index in [1.165, 1.54) is 26.5 Å². The number of nitrogens with zero attached hydrogens (tertiary/aromatic N) is 2. The van der Waals surface area contributed by atoms with Crippen LogP contribution >= 0.6 is 0 Å². The fourth-order valence-corrected chi connectivity index (χ4v) is 4.09. The lowest BCUT2D eigenvalue weighted by Gasteiger charge is -2.21. The third kappa shape index (κ3) is 8.23. The van der Waals surface area contributed by atoms with E-state index in [1.54, 1.807) is 66.7 Å². The summed E-state index contributed by atoms with van der Waals surface area (Å²) in [6.45, 7) is -0.668. The Morgan fingerprint density at radius 2 is 1.66 bits per heavy atom. The van der Waals surface area contributed by atoms with Crippen molar-refractivity contribution < 1.29 is 32.2 Å². The van der Waals surface area contributed by atoms with Gasteiger partial charge in [-0.2, -0.15) is 5.10 Å². The molecule has 2 amide bonds. The van der Waals surface area contributed by atoms with Crippen molar-refractivity contribution in [2.24, 2.45) is 5.10 Å². The number of nitrogens with one attached hydrogen (secondary N) is 2. The van der Waals surface area contributed by atoms with Gasteiger partial charge in [-0.05, 0) is 54.1 Å². The van der Waals surface area contributed by atoms with Crippen molar-refractivity contribution in [1.82, 2.24) is 5.43 Å². The maximum absolute atomic E-state index is 12.4. The highest BCUT2D eigenvalue weighted by Crippen LogP contribution is 2.24. The van der Waals surface area contributed by atoms with Crippen molar-refractivity contribution in [2.75, 3.05) is 43.2 Å². The van der Waals surface area contributed by atoms with Crippen LogP contribution in [0.4, 0.5) is 11.4 Å². The number of hydrogen-bond donors (Lipinski definition) is 2. The molecule has 0 radical (unpaired) electrons. The molecule has 0 fully saturated rings. The van der Waals surface area contributed by atoms with E-state index in [2.05, 4.69) is 15.8 Å². The molecule has 0 spiro atoms. The zero-order chi connectivity index (χ0) is 27.5. The van der Waals surface area contributed by atoms with Gasteiger partial charge in [-0.3, -0.25) is 13.9 Å². The lowest BCUT2D eigenvalue weighted by molar-refractivity contribution is -0.119. The molecule has 0 aliphatic rings. The first-order chi connectivity index (χ1) is 18.2. The van der Waals surface area contributed by atoms with E-state index in [0.717, 1.165) is 10.6 Å². The molecule has 3 aromatic rings. The summed E-state index contributed by atoms with van der Waals surface area (Å²) >= 11 is 0. The average Bonchev–Trinajstić information content (AvgIpc) is 2.91. The zero-order valence-electron chi connectivity index (χ0n) is 21.1. The summed E-state index contributed by atoms with van der Waals surface area (Å²) in [4.78, 5) is 24.6.